The van der Waals surface area contributed by atoms with Crippen molar-refractivity contribution in [3.8, 4) is 0 Å². The van der Waals surface area contributed by atoms with Crippen LogP contribution in [0.25, 0.3) is 0 Å². The quantitative estimate of drug-likeness (QED) is 0.841. The van der Waals surface area contributed by atoms with Gasteiger partial charge in [0.15, 0.2) is 9.84 Å². The Balaban J connectivity index is 1.79. The van der Waals surface area contributed by atoms with Gasteiger partial charge in [0.05, 0.1) is 17.2 Å². The highest BCUT2D eigenvalue weighted by Gasteiger charge is 2.29. The Labute approximate surface area is 137 Å². The molecule has 1 fully saturated rings. The topological polar surface area (TPSA) is 68.1 Å². The van der Waals surface area contributed by atoms with Crippen LogP contribution in [-0.4, -0.2) is 52.9 Å². The van der Waals surface area contributed by atoms with Crippen LogP contribution in [0.15, 0.2) is 36.5 Å². The molecule has 6 nitrogen and oxygen atoms in total. The molecule has 1 saturated heterocycles. The minimum atomic E-state index is -3.00. The zero-order valence-electron chi connectivity index (χ0n) is 13.3. The Morgan fingerprint density at radius 1 is 1.26 bits per heavy atom. The van der Waals surface area contributed by atoms with E-state index >= 15 is 0 Å². The third-order valence-electron chi connectivity index (χ3n) is 4.24. The molecule has 7 heteroatoms. The lowest BCUT2D eigenvalue weighted by molar-refractivity contribution is 0.220. The van der Waals surface area contributed by atoms with E-state index in [4.69, 9.17) is 0 Å². The van der Waals surface area contributed by atoms with E-state index in [0.29, 0.717) is 6.42 Å². The largest absolute Gasteiger partial charge is 0.295 e. The molecule has 1 unspecified atom stereocenters. The molecule has 0 N–H and O–H groups in total. The van der Waals surface area contributed by atoms with Gasteiger partial charge in [0.2, 0.25) is 0 Å². The third-order valence-corrected chi connectivity index (χ3v) is 5.98. The van der Waals surface area contributed by atoms with Crippen molar-refractivity contribution in [2.45, 2.75) is 18.9 Å². The number of aryl methyl sites for hydroxylation is 1. The van der Waals surface area contributed by atoms with Gasteiger partial charge in [-0.3, -0.25) is 9.58 Å². The summed E-state index contributed by atoms with van der Waals surface area (Å²) in [7, 11) is -1.15. The number of rotatable bonds is 4. The van der Waals surface area contributed by atoms with Gasteiger partial charge in [0, 0.05) is 32.3 Å². The maximum Gasteiger partial charge on any atom is 0.152 e. The Kier molecular flexibility index (Phi) is 4.77. The average molecular weight is 334 g/mol. The number of hydrogen-bond donors (Lipinski definition) is 0. The van der Waals surface area contributed by atoms with Gasteiger partial charge >= 0.3 is 0 Å². The van der Waals surface area contributed by atoms with Gasteiger partial charge in [0.25, 0.3) is 0 Å². The summed E-state index contributed by atoms with van der Waals surface area (Å²) < 4.78 is 26.1. The Bertz CT molecular complexity index is 742. The molecule has 1 aromatic carbocycles. The monoisotopic (exact) mass is 334 g/mol. The van der Waals surface area contributed by atoms with Crippen LogP contribution in [-0.2, 0) is 23.3 Å². The van der Waals surface area contributed by atoms with E-state index in [-0.39, 0.29) is 17.5 Å². The highest BCUT2D eigenvalue weighted by Crippen LogP contribution is 2.26. The van der Waals surface area contributed by atoms with Crippen LogP contribution in [0.2, 0.25) is 0 Å². The van der Waals surface area contributed by atoms with Crippen molar-refractivity contribution in [2.24, 2.45) is 7.05 Å². The molecule has 3 rings (SSSR count). The van der Waals surface area contributed by atoms with E-state index in [1.165, 1.54) is 0 Å². The summed E-state index contributed by atoms with van der Waals surface area (Å²) in [5.74, 6) is 0.468. The molecule has 1 aliphatic rings. The van der Waals surface area contributed by atoms with Crippen LogP contribution in [0, 0.1) is 0 Å². The molecule has 0 radical (unpaired) electrons. The lowest BCUT2D eigenvalue weighted by Crippen LogP contribution is -2.33. The summed E-state index contributed by atoms with van der Waals surface area (Å²) in [4.78, 5) is 2.27. The number of benzene rings is 1. The van der Waals surface area contributed by atoms with Crippen molar-refractivity contribution in [3.63, 3.8) is 0 Å². The highest BCUT2D eigenvalue weighted by molar-refractivity contribution is 7.91. The fourth-order valence-electron chi connectivity index (χ4n) is 3.09. The van der Waals surface area contributed by atoms with Gasteiger partial charge in [-0.15, -0.1) is 5.10 Å². The molecule has 0 aliphatic carbocycles. The van der Waals surface area contributed by atoms with Crippen molar-refractivity contribution < 1.29 is 8.42 Å². The minimum absolute atomic E-state index is 0.0830. The van der Waals surface area contributed by atoms with E-state index in [1.54, 1.807) is 4.68 Å². The molecular formula is C16H22N4O2S. The second-order valence-corrected chi connectivity index (χ2v) is 8.29. The Hall–Kier alpha value is -1.73. The smallest absolute Gasteiger partial charge is 0.152 e. The fourth-order valence-corrected chi connectivity index (χ4v) is 4.71. The van der Waals surface area contributed by atoms with Gasteiger partial charge < -0.3 is 0 Å². The van der Waals surface area contributed by atoms with Crippen LogP contribution >= 0.6 is 0 Å². The molecule has 1 aliphatic heterocycles. The molecule has 0 bridgehead atoms. The van der Waals surface area contributed by atoms with Crippen LogP contribution in [0.1, 0.15) is 23.7 Å². The van der Waals surface area contributed by atoms with Crippen LogP contribution < -0.4 is 0 Å². The predicted octanol–water partition coefficient (Wildman–Crippen LogP) is 1.22. The van der Waals surface area contributed by atoms with Gasteiger partial charge in [-0.1, -0.05) is 35.5 Å². The van der Waals surface area contributed by atoms with Gasteiger partial charge in [-0.05, 0) is 18.5 Å². The highest BCUT2D eigenvalue weighted by atomic mass is 32.2. The first-order chi connectivity index (χ1) is 11.0. The van der Waals surface area contributed by atoms with Crippen molar-refractivity contribution in [2.75, 3.05) is 24.6 Å². The first-order valence-corrected chi connectivity index (χ1v) is 9.70. The van der Waals surface area contributed by atoms with Crippen molar-refractivity contribution in [1.29, 1.82) is 0 Å². The Morgan fingerprint density at radius 3 is 2.74 bits per heavy atom. The molecule has 2 heterocycles. The minimum Gasteiger partial charge on any atom is -0.295 e. The van der Waals surface area contributed by atoms with E-state index in [2.05, 4.69) is 15.2 Å². The molecule has 0 saturated carbocycles. The van der Waals surface area contributed by atoms with Crippen molar-refractivity contribution >= 4 is 9.84 Å². The van der Waals surface area contributed by atoms with Gasteiger partial charge in [-0.25, -0.2) is 8.42 Å². The molecule has 124 valence electrons. The maximum atomic E-state index is 12.2. The van der Waals surface area contributed by atoms with Gasteiger partial charge in [0.1, 0.15) is 0 Å². The predicted molar refractivity (Wildman–Crippen MR) is 88.7 cm³/mol. The normalized spacial score (nSPS) is 21.9. The van der Waals surface area contributed by atoms with E-state index in [9.17, 15) is 8.42 Å². The van der Waals surface area contributed by atoms with Crippen molar-refractivity contribution in [1.82, 2.24) is 19.9 Å². The standard InChI is InChI=1S/C16H22N4O2S/c1-19-12-15(17-18-19)8-10-20-9-5-11-23(21,22)13-16(20)14-6-3-2-4-7-14/h2-4,6-7,12,16H,5,8-11,13H2,1H3. The maximum absolute atomic E-state index is 12.2. The Morgan fingerprint density at radius 2 is 2.04 bits per heavy atom. The molecule has 0 amide bonds. The summed E-state index contributed by atoms with van der Waals surface area (Å²) in [6.07, 6.45) is 3.37. The lowest BCUT2D eigenvalue weighted by atomic mass is 10.1. The molecule has 1 atom stereocenters. The SMILES string of the molecule is Cn1cc(CCN2CCCS(=O)(=O)CC2c2ccccc2)nn1. The number of aromatic nitrogens is 3. The third kappa shape index (κ3) is 4.17. The number of hydrogen-bond acceptors (Lipinski definition) is 5. The van der Waals surface area contributed by atoms with Crippen LogP contribution in [0.4, 0.5) is 0 Å². The first kappa shape index (κ1) is 16.1. The van der Waals surface area contributed by atoms with Gasteiger partial charge in [-0.2, -0.15) is 0 Å². The van der Waals surface area contributed by atoms with E-state index in [0.717, 1.165) is 30.8 Å². The average Bonchev–Trinajstić information content (AvgIpc) is 2.87. The molecule has 1 aromatic heterocycles. The summed E-state index contributed by atoms with van der Waals surface area (Å²) >= 11 is 0. The zero-order valence-corrected chi connectivity index (χ0v) is 14.1. The molecule has 23 heavy (non-hydrogen) atoms. The van der Waals surface area contributed by atoms with E-state index < -0.39 is 9.84 Å². The summed E-state index contributed by atoms with van der Waals surface area (Å²) in [5, 5.41) is 8.07. The lowest BCUT2D eigenvalue weighted by Gasteiger charge is -2.29. The number of sulfone groups is 1. The second-order valence-electron chi connectivity index (χ2n) is 6.06. The molecule has 0 spiro atoms. The fraction of sp³-hybridized carbons (Fsp3) is 0.500. The zero-order chi connectivity index (χ0) is 16.3. The molecular weight excluding hydrogens is 312 g/mol. The second kappa shape index (κ2) is 6.80. The first-order valence-electron chi connectivity index (χ1n) is 7.88. The molecule has 2 aromatic rings. The van der Waals surface area contributed by atoms with Crippen LogP contribution in [0.3, 0.4) is 0 Å². The summed E-state index contributed by atoms with van der Waals surface area (Å²) in [6, 6.07) is 9.84. The summed E-state index contributed by atoms with van der Waals surface area (Å²) in [5.41, 5.74) is 2.00. The van der Waals surface area contributed by atoms with Crippen molar-refractivity contribution in [3.05, 3.63) is 47.8 Å². The number of nitrogens with zero attached hydrogens (tertiary/aromatic N) is 4. The summed E-state index contributed by atoms with van der Waals surface area (Å²) in [6.45, 7) is 1.58. The van der Waals surface area contributed by atoms with Crippen LogP contribution in [0.5, 0.6) is 0 Å². The van der Waals surface area contributed by atoms with E-state index in [1.807, 2.05) is 43.6 Å².